The number of esters is 1. The Kier molecular flexibility index (Phi) is 4.28. The fraction of sp³-hybridized carbons (Fsp3) is 0.364. The number of terminal acetylenes is 1. The number of anilines is 1. The molecule has 1 rings (SSSR count). The predicted molar refractivity (Wildman–Crippen MR) is 60.1 cm³/mol. The van der Waals surface area contributed by atoms with Crippen LogP contribution in [-0.4, -0.2) is 36.1 Å². The van der Waals surface area contributed by atoms with Crippen molar-refractivity contribution in [1.82, 2.24) is 9.97 Å². The Labute approximate surface area is 94.5 Å². The molecular weight excluding hydrogens is 206 g/mol. The highest BCUT2D eigenvalue weighted by Crippen LogP contribution is 2.09. The summed E-state index contributed by atoms with van der Waals surface area (Å²) in [6, 6.07) is 0. The van der Waals surface area contributed by atoms with Gasteiger partial charge in [0.25, 0.3) is 0 Å². The van der Waals surface area contributed by atoms with Crippen molar-refractivity contribution in [2.45, 2.75) is 6.92 Å². The van der Waals surface area contributed by atoms with Gasteiger partial charge in [0.15, 0.2) is 5.69 Å². The van der Waals surface area contributed by atoms with Crippen LogP contribution in [0, 0.1) is 12.3 Å². The highest BCUT2D eigenvalue weighted by Gasteiger charge is 2.11. The minimum Gasteiger partial charge on any atom is -0.464 e. The van der Waals surface area contributed by atoms with Crippen LogP contribution >= 0.6 is 0 Å². The molecule has 0 unspecified atom stereocenters. The van der Waals surface area contributed by atoms with E-state index < -0.39 is 5.97 Å². The zero-order chi connectivity index (χ0) is 12.0. The number of carbonyl (C=O) groups excluding carboxylic acids is 1. The molecule has 1 heterocycles. The van der Waals surface area contributed by atoms with Crippen LogP contribution in [0.3, 0.4) is 0 Å². The van der Waals surface area contributed by atoms with Gasteiger partial charge in [-0.05, 0) is 6.92 Å². The van der Waals surface area contributed by atoms with Crippen LogP contribution in [-0.2, 0) is 4.74 Å². The van der Waals surface area contributed by atoms with Crippen molar-refractivity contribution in [3.63, 3.8) is 0 Å². The van der Waals surface area contributed by atoms with Gasteiger partial charge in [-0.2, -0.15) is 0 Å². The summed E-state index contributed by atoms with van der Waals surface area (Å²) in [7, 11) is 1.30. The molecule has 0 saturated carbocycles. The first-order valence-electron chi connectivity index (χ1n) is 4.81. The number of rotatable bonds is 4. The lowest BCUT2D eigenvalue weighted by Gasteiger charge is -2.18. The fourth-order valence-electron chi connectivity index (χ4n) is 1.18. The van der Waals surface area contributed by atoms with Crippen LogP contribution in [0.15, 0.2) is 12.4 Å². The van der Waals surface area contributed by atoms with E-state index in [1.165, 1.54) is 13.3 Å². The van der Waals surface area contributed by atoms with Crippen LogP contribution in [0.4, 0.5) is 5.82 Å². The molecule has 0 aliphatic rings. The number of hydrogen-bond donors (Lipinski definition) is 0. The highest BCUT2D eigenvalue weighted by molar-refractivity contribution is 5.87. The van der Waals surface area contributed by atoms with Crippen molar-refractivity contribution in [3.05, 3.63) is 18.1 Å². The zero-order valence-electron chi connectivity index (χ0n) is 9.30. The van der Waals surface area contributed by atoms with Crippen molar-refractivity contribution in [2.24, 2.45) is 0 Å². The molecule has 0 bridgehead atoms. The van der Waals surface area contributed by atoms with Crippen LogP contribution in [0.25, 0.3) is 0 Å². The third kappa shape index (κ3) is 2.70. The first-order chi connectivity index (χ1) is 7.72. The lowest BCUT2D eigenvalue weighted by Crippen LogP contribution is -2.24. The number of methoxy groups -OCH3 is 1. The molecule has 5 nitrogen and oxygen atoms in total. The maximum atomic E-state index is 11.3. The summed E-state index contributed by atoms with van der Waals surface area (Å²) in [6.45, 7) is 3.07. The average molecular weight is 219 g/mol. The molecular formula is C11H13N3O2. The van der Waals surface area contributed by atoms with Crippen molar-refractivity contribution in [1.29, 1.82) is 0 Å². The van der Waals surface area contributed by atoms with Crippen molar-refractivity contribution in [3.8, 4) is 12.3 Å². The van der Waals surface area contributed by atoms with Crippen LogP contribution in [0.5, 0.6) is 0 Å². The predicted octanol–water partition coefficient (Wildman–Crippen LogP) is 0.723. The molecule has 0 aliphatic heterocycles. The second-order valence-electron chi connectivity index (χ2n) is 2.97. The third-order valence-electron chi connectivity index (χ3n) is 2.00. The highest BCUT2D eigenvalue weighted by atomic mass is 16.5. The number of aromatic nitrogens is 2. The summed E-state index contributed by atoms with van der Waals surface area (Å²) >= 11 is 0. The van der Waals surface area contributed by atoms with Crippen LogP contribution < -0.4 is 4.90 Å². The molecule has 16 heavy (non-hydrogen) atoms. The second-order valence-corrected chi connectivity index (χ2v) is 2.97. The SMILES string of the molecule is C#CCN(CC)c1cncc(C(=O)OC)n1. The average Bonchev–Trinajstić information content (AvgIpc) is 2.35. The van der Waals surface area contributed by atoms with E-state index in [1.54, 1.807) is 6.20 Å². The van der Waals surface area contributed by atoms with Gasteiger partial charge in [-0.3, -0.25) is 4.98 Å². The van der Waals surface area contributed by atoms with Gasteiger partial charge >= 0.3 is 5.97 Å². The van der Waals surface area contributed by atoms with E-state index in [0.717, 1.165) is 0 Å². The van der Waals surface area contributed by atoms with Gasteiger partial charge in [0.05, 0.1) is 26.0 Å². The Hall–Kier alpha value is -2.09. The van der Waals surface area contributed by atoms with E-state index in [0.29, 0.717) is 18.9 Å². The molecule has 1 aromatic heterocycles. The molecule has 1 aromatic rings. The quantitative estimate of drug-likeness (QED) is 0.551. The molecule has 0 amide bonds. The minimum atomic E-state index is -0.508. The monoisotopic (exact) mass is 219 g/mol. The third-order valence-corrected chi connectivity index (χ3v) is 2.00. The van der Waals surface area contributed by atoms with Gasteiger partial charge in [-0.25, -0.2) is 9.78 Å². The van der Waals surface area contributed by atoms with Crippen molar-refractivity contribution in [2.75, 3.05) is 25.1 Å². The van der Waals surface area contributed by atoms with Crippen LogP contribution in [0.1, 0.15) is 17.4 Å². The summed E-state index contributed by atoms with van der Waals surface area (Å²) in [4.78, 5) is 21.1. The van der Waals surface area contributed by atoms with E-state index in [-0.39, 0.29) is 5.69 Å². The Bertz CT molecular complexity index is 412. The first kappa shape index (κ1) is 12.0. The van der Waals surface area contributed by atoms with Crippen LogP contribution in [0.2, 0.25) is 0 Å². The van der Waals surface area contributed by atoms with Gasteiger partial charge in [0, 0.05) is 6.54 Å². The molecule has 0 atom stereocenters. The van der Waals surface area contributed by atoms with Gasteiger partial charge < -0.3 is 9.64 Å². The van der Waals surface area contributed by atoms with Gasteiger partial charge in [-0.1, -0.05) is 5.92 Å². The smallest absolute Gasteiger partial charge is 0.358 e. The normalized spacial score (nSPS) is 9.31. The lowest BCUT2D eigenvalue weighted by atomic mass is 10.4. The number of carbonyl (C=O) groups is 1. The molecule has 0 radical (unpaired) electrons. The summed E-state index contributed by atoms with van der Waals surface area (Å²) in [6.07, 6.45) is 8.16. The van der Waals surface area contributed by atoms with E-state index in [1.807, 2.05) is 11.8 Å². The van der Waals surface area contributed by atoms with Gasteiger partial charge in [-0.15, -0.1) is 6.42 Å². The Morgan fingerprint density at radius 2 is 2.38 bits per heavy atom. The second kappa shape index (κ2) is 5.71. The number of nitrogens with zero attached hydrogens (tertiary/aromatic N) is 3. The molecule has 0 fully saturated rings. The Morgan fingerprint density at radius 1 is 1.62 bits per heavy atom. The van der Waals surface area contributed by atoms with Crippen molar-refractivity contribution < 1.29 is 9.53 Å². The number of ether oxygens (including phenoxy) is 1. The summed E-state index contributed by atoms with van der Waals surface area (Å²) in [5.74, 6) is 2.59. The fourth-order valence-corrected chi connectivity index (χ4v) is 1.18. The molecule has 0 saturated heterocycles. The molecule has 0 aromatic carbocycles. The molecule has 84 valence electrons. The Balaban J connectivity index is 2.97. The molecule has 0 aliphatic carbocycles. The maximum absolute atomic E-state index is 11.3. The summed E-state index contributed by atoms with van der Waals surface area (Å²) in [5, 5.41) is 0. The minimum absolute atomic E-state index is 0.176. The standard InChI is InChI=1S/C11H13N3O2/c1-4-6-14(5-2)10-8-12-7-9(13-10)11(15)16-3/h1,7-8H,5-6H2,2-3H3. The Morgan fingerprint density at radius 3 is 2.94 bits per heavy atom. The van der Waals surface area contributed by atoms with E-state index in [4.69, 9.17) is 6.42 Å². The van der Waals surface area contributed by atoms with E-state index in [2.05, 4.69) is 20.6 Å². The maximum Gasteiger partial charge on any atom is 0.358 e. The first-order valence-corrected chi connectivity index (χ1v) is 4.81. The topological polar surface area (TPSA) is 55.3 Å². The van der Waals surface area contributed by atoms with Gasteiger partial charge in [0.2, 0.25) is 0 Å². The van der Waals surface area contributed by atoms with E-state index >= 15 is 0 Å². The summed E-state index contributed by atoms with van der Waals surface area (Å²) in [5.41, 5.74) is 0.176. The van der Waals surface area contributed by atoms with Crippen molar-refractivity contribution >= 4 is 11.8 Å². The largest absolute Gasteiger partial charge is 0.464 e. The molecule has 0 spiro atoms. The lowest BCUT2D eigenvalue weighted by molar-refractivity contribution is 0.0593. The summed E-state index contributed by atoms with van der Waals surface area (Å²) < 4.78 is 4.56. The molecule has 5 heteroatoms. The van der Waals surface area contributed by atoms with Gasteiger partial charge in [0.1, 0.15) is 5.82 Å². The number of hydrogen-bond acceptors (Lipinski definition) is 5. The van der Waals surface area contributed by atoms with E-state index in [9.17, 15) is 4.79 Å². The molecule has 0 N–H and O–H groups in total. The zero-order valence-corrected chi connectivity index (χ0v) is 9.30.